The SMILES string of the molecule is CC1COC(CO)CN1C(=O)c1cc(Cl)cn1C(C)C. The number of carbonyl (C=O) groups is 1. The Kier molecular flexibility index (Phi) is 4.73. The second-order valence-corrected chi connectivity index (χ2v) is 5.93. The van der Waals surface area contributed by atoms with Gasteiger partial charge in [0.25, 0.3) is 5.91 Å². The van der Waals surface area contributed by atoms with Crippen LogP contribution in [0, 0.1) is 0 Å². The minimum atomic E-state index is -0.312. The summed E-state index contributed by atoms with van der Waals surface area (Å²) in [6, 6.07) is 1.84. The summed E-state index contributed by atoms with van der Waals surface area (Å²) in [7, 11) is 0. The van der Waals surface area contributed by atoms with Gasteiger partial charge in [0.15, 0.2) is 0 Å². The first-order valence-corrected chi connectivity index (χ1v) is 7.22. The molecule has 0 saturated carbocycles. The highest BCUT2D eigenvalue weighted by Gasteiger charge is 2.31. The zero-order chi connectivity index (χ0) is 14.9. The van der Waals surface area contributed by atoms with Crippen LogP contribution >= 0.6 is 11.6 Å². The van der Waals surface area contributed by atoms with Crippen molar-refractivity contribution in [3.05, 3.63) is 23.0 Å². The highest BCUT2D eigenvalue weighted by molar-refractivity contribution is 6.31. The fraction of sp³-hybridized carbons (Fsp3) is 0.643. The lowest BCUT2D eigenvalue weighted by Crippen LogP contribution is -2.52. The molecule has 1 aromatic rings. The van der Waals surface area contributed by atoms with Crippen LogP contribution in [0.3, 0.4) is 0 Å². The van der Waals surface area contributed by atoms with Gasteiger partial charge in [0, 0.05) is 18.8 Å². The fourth-order valence-electron chi connectivity index (χ4n) is 2.40. The Balaban J connectivity index is 2.25. The van der Waals surface area contributed by atoms with E-state index in [1.165, 1.54) is 0 Å². The van der Waals surface area contributed by atoms with Crippen LogP contribution in [0.2, 0.25) is 5.02 Å². The van der Waals surface area contributed by atoms with E-state index in [1.807, 2.05) is 25.3 Å². The molecule has 5 nitrogen and oxygen atoms in total. The van der Waals surface area contributed by atoms with Crippen LogP contribution in [0.5, 0.6) is 0 Å². The van der Waals surface area contributed by atoms with Gasteiger partial charge in [-0.1, -0.05) is 11.6 Å². The first-order chi connectivity index (χ1) is 9.43. The largest absolute Gasteiger partial charge is 0.394 e. The molecule has 1 aliphatic heterocycles. The Morgan fingerprint density at radius 1 is 1.60 bits per heavy atom. The van der Waals surface area contributed by atoms with Crippen molar-refractivity contribution in [2.75, 3.05) is 19.8 Å². The van der Waals surface area contributed by atoms with Crippen molar-refractivity contribution < 1.29 is 14.6 Å². The smallest absolute Gasteiger partial charge is 0.270 e. The molecule has 1 aromatic heterocycles. The molecule has 1 aliphatic rings. The van der Waals surface area contributed by atoms with Crippen molar-refractivity contribution >= 4 is 17.5 Å². The van der Waals surface area contributed by atoms with E-state index in [4.69, 9.17) is 16.3 Å². The first kappa shape index (κ1) is 15.4. The molecule has 2 atom stereocenters. The number of aliphatic hydroxyl groups is 1. The van der Waals surface area contributed by atoms with E-state index in [0.29, 0.717) is 23.9 Å². The number of hydrogen-bond donors (Lipinski definition) is 1. The third kappa shape index (κ3) is 3.00. The number of halogens is 1. The number of aromatic nitrogens is 1. The standard InChI is InChI=1S/C14H21ClN2O3/c1-9(2)16-5-11(15)4-13(16)14(19)17-6-12(7-18)20-8-10(17)3/h4-5,9-10,12,18H,6-8H2,1-3H3. The Morgan fingerprint density at radius 3 is 2.90 bits per heavy atom. The van der Waals surface area contributed by atoms with Gasteiger partial charge in [-0.3, -0.25) is 4.79 Å². The van der Waals surface area contributed by atoms with E-state index >= 15 is 0 Å². The summed E-state index contributed by atoms with van der Waals surface area (Å²) in [4.78, 5) is 14.5. The second kappa shape index (κ2) is 6.16. The molecule has 1 amide bonds. The third-order valence-corrected chi connectivity index (χ3v) is 3.77. The van der Waals surface area contributed by atoms with E-state index in [-0.39, 0.29) is 30.7 Å². The quantitative estimate of drug-likeness (QED) is 0.928. The molecule has 6 heteroatoms. The lowest BCUT2D eigenvalue weighted by atomic mass is 10.2. The van der Waals surface area contributed by atoms with E-state index in [1.54, 1.807) is 17.2 Å². The van der Waals surface area contributed by atoms with Gasteiger partial charge in [-0.2, -0.15) is 0 Å². The van der Waals surface area contributed by atoms with Crippen molar-refractivity contribution in [1.82, 2.24) is 9.47 Å². The predicted molar refractivity (Wildman–Crippen MR) is 77.2 cm³/mol. The Morgan fingerprint density at radius 2 is 2.30 bits per heavy atom. The second-order valence-electron chi connectivity index (χ2n) is 5.49. The average molecular weight is 301 g/mol. The van der Waals surface area contributed by atoms with Crippen LogP contribution in [0.1, 0.15) is 37.3 Å². The molecule has 2 rings (SSSR count). The first-order valence-electron chi connectivity index (χ1n) is 6.84. The third-order valence-electron chi connectivity index (χ3n) is 3.56. The highest BCUT2D eigenvalue weighted by Crippen LogP contribution is 2.22. The molecule has 0 bridgehead atoms. The molecule has 1 saturated heterocycles. The molecule has 0 aromatic carbocycles. The van der Waals surface area contributed by atoms with Crippen molar-refractivity contribution in [1.29, 1.82) is 0 Å². The molecule has 1 N–H and O–H groups in total. The maximum absolute atomic E-state index is 12.7. The van der Waals surface area contributed by atoms with Gasteiger partial charge in [0.2, 0.25) is 0 Å². The molecular weight excluding hydrogens is 280 g/mol. The zero-order valence-electron chi connectivity index (χ0n) is 12.0. The van der Waals surface area contributed by atoms with Gasteiger partial charge in [0.05, 0.1) is 30.4 Å². The van der Waals surface area contributed by atoms with Gasteiger partial charge in [-0.25, -0.2) is 0 Å². The van der Waals surface area contributed by atoms with Crippen LogP contribution in [0.25, 0.3) is 0 Å². The van der Waals surface area contributed by atoms with Crippen molar-refractivity contribution in [2.45, 2.75) is 39.0 Å². The van der Waals surface area contributed by atoms with Gasteiger partial charge < -0.3 is 19.3 Å². The average Bonchev–Trinajstić information content (AvgIpc) is 2.81. The highest BCUT2D eigenvalue weighted by atomic mass is 35.5. The molecule has 0 spiro atoms. The Hall–Kier alpha value is -1.04. The van der Waals surface area contributed by atoms with Gasteiger partial charge in [-0.05, 0) is 26.8 Å². The number of nitrogens with zero attached hydrogens (tertiary/aromatic N) is 2. The number of aliphatic hydroxyl groups excluding tert-OH is 1. The molecular formula is C14H21ClN2O3. The van der Waals surface area contributed by atoms with Crippen LogP contribution in [0.4, 0.5) is 0 Å². The summed E-state index contributed by atoms with van der Waals surface area (Å²) < 4.78 is 7.34. The molecule has 0 aliphatic carbocycles. The number of morpholine rings is 1. The van der Waals surface area contributed by atoms with Gasteiger partial charge >= 0.3 is 0 Å². The zero-order valence-corrected chi connectivity index (χ0v) is 12.8. The molecule has 20 heavy (non-hydrogen) atoms. The maximum Gasteiger partial charge on any atom is 0.270 e. The van der Waals surface area contributed by atoms with Crippen LogP contribution in [0.15, 0.2) is 12.3 Å². The summed E-state index contributed by atoms with van der Waals surface area (Å²) in [5.41, 5.74) is 0.579. The van der Waals surface area contributed by atoms with Crippen LogP contribution < -0.4 is 0 Å². The number of ether oxygens (including phenoxy) is 1. The summed E-state index contributed by atoms with van der Waals surface area (Å²) in [6.45, 7) is 6.71. The monoisotopic (exact) mass is 300 g/mol. The topological polar surface area (TPSA) is 54.7 Å². The number of rotatable bonds is 3. The lowest BCUT2D eigenvalue weighted by Gasteiger charge is -2.37. The van der Waals surface area contributed by atoms with E-state index in [0.717, 1.165) is 0 Å². The van der Waals surface area contributed by atoms with Crippen LogP contribution in [-0.4, -0.2) is 52.4 Å². The number of carbonyl (C=O) groups excluding carboxylic acids is 1. The van der Waals surface area contributed by atoms with E-state index in [9.17, 15) is 9.90 Å². The molecule has 0 radical (unpaired) electrons. The van der Waals surface area contributed by atoms with E-state index < -0.39 is 0 Å². The molecule has 2 unspecified atom stereocenters. The predicted octanol–water partition coefficient (Wildman–Crippen LogP) is 1.94. The van der Waals surface area contributed by atoms with E-state index in [2.05, 4.69) is 0 Å². The molecule has 2 heterocycles. The van der Waals surface area contributed by atoms with Crippen molar-refractivity contribution in [3.8, 4) is 0 Å². The normalized spacial score (nSPS) is 23.4. The Labute approximate surface area is 124 Å². The maximum atomic E-state index is 12.7. The van der Waals surface area contributed by atoms with Crippen LogP contribution in [-0.2, 0) is 4.74 Å². The fourth-order valence-corrected chi connectivity index (χ4v) is 2.61. The van der Waals surface area contributed by atoms with Gasteiger partial charge in [0.1, 0.15) is 5.69 Å². The van der Waals surface area contributed by atoms with Crippen molar-refractivity contribution in [3.63, 3.8) is 0 Å². The van der Waals surface area contributed by atoms with Gasteiger partial charge in [-0.15, -0.1) is 0 Å². The Bertz CT molecular complexity index is 487. The lowest BCUT2D eigenvalue weighted by molar-refractivity contribution is -0.0670. The number of hydrogen-bond acceptors (Lipinski definition) is 3. The summed E-state index contributed by atoms with van der Waals surface area (Å²) in [5.74, 6) is -0.0696. The minimum Gasteiger partial charge on any atom is -0.394 e. The summed E-state index contributed by atoms with van der Waals surface area (Å²) >= 11 is 6.03. The number of amides is 1. The summed E-state index contributed by atoms with van der Waals surface area (Å²) in [6.07, 6.45) is 1.46. The molecule has 1 fully saturated rings. The minimum absolute atomic E-state index is 0.0143. The summed E-state index contributed by atoms with van der Waals surface area (Å²) in [5, 5.41) is 9.76. The van der Waals surface area contributed by atoms with Crippen molar-refractivity contribution in [2.24, 2.45) is 0 Å². The molecule has 112 valence electrons.